The Morgan fingerprint density at radius 2 is 1.84 bits per heavy atom. The third-order valence-corrected chi connectivity index (χ3v) is 7.79. The molecule has 0 N–H and O–H groups in total. The number of imidazole rings is 1. The van der Waals surface area contributed by atoms with Crippen LogP contribution in [0.15, 0.2) is 78.0 Å². The first-order valence-corrected chi connectivity index (χ1v) is 12.0. The Kier molecular flexibility index (Phi) is 5.25. The number of pyridine rings is 2. The van der Waals surface area contributed by atoms with E-state index in [1.54, 1.807) is 40.8 Å². The van der Waals surface area contributed by atoms with Crippen molar-refractivity contribution < 1.29 is 8.42 Å². The van der Waals surface area contributed by atoms with E-state index in [9.17, 15) is 8.42 Å². The van der Waals surface area contributed by atoms with Gasteiger partial charge in [-0.1, -0.05) is 35.9 Å². The molecule has 1 saturated heterocycles. The third-order valence-electron chi connectivity index (χ3n) is 5.69. The SMILES string of the molecule is O=S(=O)(c1ccccc1)N1CCCC(c2cccc(-c3cnc4ccc(Cl)cn34)n2)C1. The van der Waals surface area contributed by atoms with Crippen molar-refractivity contribution in [1.82, 2.24) is 18.7 Å². The summed E-state index contributed by atoms with van der Waals surface area (Å²) in [6.45, 7) is 0.950. The fourth-order valence-electron chi connectivity index (χ4n) is 4.11. The van der Waals surface area contributed by atoms with E-state index in [-0.39, 0.29) is 5.92 Å². The lowest BCUT2D eigenvalue weighted by molar-refractivity contribution is 0.313. The van der Waals surface area contributed by atoms with E-state index in [0.717, 1.165) is 35.6 Å². The van der Waals surface area contributed by atoms with Gasteiger partial charge in [0.25, 0.3) is 0 Å². The minimum absolute atomic E-state index is 0.0370. The van der Waals surface area contributed by atoms with E-state index in [4.69, 9.17) is 16.6 Å². The third kappa shape index (κ3) is 3.84. The zero-order chi connectivity index (χ0) is 21.4. The van der Waals surface area contributed by atoms with Crippen LogP contribution in [0.3, 0.4) is 0 Å². The molecule has 158 valence electrons. The summed E-state index contributed by atoms with van der Waals surface area (Å²) in [5.41, 5.74) is 3.33. The highest BCUT2D eigenvalue weighted by atomic mass is 35.5. The number of rotatable bonds is 4. The van der Waals surface area contributed by atoms with Crippen molar-refractivity contribution in [2.24, 2.45) is 0 Å². The second-order valence-corrected chi connectivity index (χ2v) is 10.1. The zero-order valence-corrected chi connectivity index (χ0v) is 18.3. The number of hydrogen-bond acceptors (Lipinski definition) is 4. The van der Waals surface area contributed by atoms with Gasteiger partial charge >= 0.3 is 0 Å². The molecule has 0 saturated carbocycles. The molecule has 0 amide bonds. The molecule has 8 heteroatoms. The lowest BCUT2D eigenvalue weighted by Gasteiger charge is -2.31. The van der Waals surface area contributed by atoms with Crippen molar-refractivity contribution in [1.29, 1.82) is 0 Å². The van der Waals surface area contributed by atoms with E-state index >= 15 is 0 Å². The molecule has 0 aliphatic carbocycles. The number of aromatic nitrogens is 3. The van der Waals surface area contributed by atoms with Crippen LogP contribution < -0.4 is 0 Å². The molecular formula is C23H21ClN4O2S. The van der Waals surface area contributed by atoms with Crippen LogP contribution in [0.25, 0.3) is 17.0 Å². The van der Waals surface area contributed by atoms with Crippen LogP contribution in [-0.2, 0) is 10.0 Å². The number of hydrogen-bond donors (Lipinski definition) is 0. The van der Waals surface area contributed by atoms with Gasteiger partial charge in [-0.25, -0.2) is 13.4 Å². The van der Waals surface area contributed by atoms with Crippen molar-refractivity contribution in [3.8, 4) is 11.4 Å². The quantitative estimate of drug-likeness (QED) is 0.453. The normalized spacial score (nSPS) is 17.8. The summed E-state index contributed by atoms with van der Waals surface area (Å²) in [5.74, 6) is 0.0370. The summed E-state index contributed by atoms with van der Waals surface area (Å²) in [4.78, 5) is 9.65. The molecule has 4 aromatic rings. The lowest BCUT2D eigenvalue weighted by Crippen LogP contribution is -2.39. The summed E-state index contributed by atoms with van der Waals surface area (Å²) in [6.07, 6.45) is 5.30. The minimum atomic E-state index is -3.51. The molecule has 4 heterocycles. The second kappa shape index (κ2) is 8.07. The van der Waals surface area contributed by atoms with Crippen molar-refractivity contribution in [2.75, 3.05) is 13.1 Å². The average molecular weight is 453 g/mol. The maximum absolute atomic E-state index is 13.1. The van der Waals surface area contributed by atoms with Gasteiger partial charge in [-0.2, -0.15) is 4.31 Å². The highest BCUT2D eigenvalue weighted by Gasteiger charge is 2.31. The summed E-state index contributed by atoms with van der Waals surface area (Å²) in [7, 11) is -3.51. The Morgan fingerprint density at radius 1 is 1.00 bits per heavy atom. The Labute approximate surface area is 186 Å². The maximum atomic E-state index is 13.1. The highest BCUT2D eigenvalue weighted by Crippen LogP contribution is 2.31. The molecule has 5 rings (SSSR count). The summed E-state index contributed by atoms with van der Waals surface area (Å²) < 4.78 is 29.7. The smallest absolute Gasteiger partial charge is 0.243 e. The first-order chi connectivity index (χ1) is 15.0. The largest absolute Gasteiger partial charge is 0.297 e. The second-order valence-electron chi connectivity index (χ2n) is 7.68. The molecule has 0 radical (unpaired) electrons. The van der Waals surface area contributed by atoms with Gasteiger partial charge in [-0.3, -0.25) is 9.38 Å². The zero-order valence-electron chi connectivity index (χ0n) is 16.7. The van der Waals surface area contributed by atoms with Gasteiger partial charge in [-0.05, 0) is 49.2 Å². The number of nitrogens with zero attached hydrogens (tertiary/aromatic N) is 4. The predicted octanol–water partition coefficient (Wildman–Crippen LogP) is 4.62. The first-order valence-electron chi connectivity index (χ1n) is 10.2. The standard InChI is InChI=1S/C23H21ClN4O2S/c24-18-11-12-23-25-14-22(28(23)16-18)21-10-4-9-20(26-21)17-6-5-13-27(15-17)31(29,30)19-7-2-1-3-8-19/h1-4,7-12,14,16-17H,5-6,13,15H2. The molecule has 3 aromatic heterocycles. The molecule has 1 atom stereocenters. The molecule has 1 unspecified atom stereocenters. The molecule has 1 aliphatic rings. The Morgan fingerprint density at radius 3 is 2.68 bits per heavy atom. The van der Waals surface area contributed by atoms with Gasteiger partial charge in [0.15, 0.2) is 0 Å². The van der Waals surface area contributed by atoms with Crippen LogP contribution in [0.2, 0.25) is 5.02 Å². The van der Waals surface area contributed by atoms with E-state index in [1.807, 2.05) is 40.9 Å². The Balaban J connectivity index is 1.45. The van der Waals surface area contributed by atoms with Gasteiger partial charge in [-0.15, -0.1) is 0 Å². The van der Waals surface area contributed by atoms with Gasteiger partial charge in [0, 0.05) is 30.9 Å². The van der Waals surface area contributed by atoms with Crippen LogP contribution in [-0.4, -0.2) is 40.2 Å². The summed E-state index contributed by atoms with van der Waals surface area (Å²) >= 11 is 6.17. The topological polar surface area (TPSA) is 67.6 Å². The van der Waals surface area contributed by atoms with Gasteiger partial charge in [0.1, 0.15) is 5.65 Å². The van der Waals surface area contributed by atoms with Crippen molar-refractivity contribution >= 4 is 27.3 Å². The Hall–Kier alpha value is -2.74. The van der Waals surface area contributed by atoms with E-state index in [2.05, 4.69) is 4.98 Å². The van der Waals surface area contributed by atoms with E-state index in [1.165, 1.54) is 0 Å². The molecule has 0 spiro atoms. The molecule has 31 heavy (non-hydrogen) atoms. The molecule has 1 fully saturated rings. The average Bonchev–Trinajstić information content (AvgIpc) is 3.23. The number of halogens is 1. The molecular weight excluding hydrogens is 432 g/mol. The van der Waals surface area contributed by atoms with Crippen LogP contribution in [0.4, 0.5) is 0 Å². The number of benzene rings is 1. The molecule has 1 aliphatic heterocycles. The minimum Gasteiger partial charge on any atom is -0.297 e. The molecule has 1 aromatic carbocycles. The van der Waals surface area contributed by atoms with Crippen molar-refractivity contribution in [3.63, 3.8) is 0 Å². The number of piperidine rings is 1. The maximum Gasteiger partial charge on any atom is 0.243 e. The van der Waals surface area contributed by atoms with Crippen LogP contribution in [0, 0.1) is 0 Å². The van der Waals surface area contributed by atoms with E-state index < -0.39 is 10.0 Å². The van der Waals surface area contributed by atoms with Gasteiger partial charge < -0.3 is 0 Å². The van der Waals surface area contributed by atoms with Crippen molar-refractivity contribution in [2.45, 2.75) is 23.7 Å². The molecule has 6 nitrogen and oxygen atoms in total. The van der Waals surface area contributed by atoms with E-state index in [0.29, 0.717) is 23.0 Å². The predicted molar refractivity (Wildman–Crippen MR) is 121 cm³/mol. The lowest BCUT2D eigenvalue weighted by atomic mass is 9.95. The number of fused-ring (bicyclic) bond motifs is 1. The van der Waals surface area contributed by atoms with Crippen molar-refractivity contribution in [3.05, 3.63) is 83.8 Å². The summed E-state index contributed by atoms with van der Waals surface area (Å²) in [5, 5.41) is 0.622. The fourth-order valence-corrected chi connectivity index (χ4v) is 5.81. The molecule has 0 bridgehead atoms. The first kappa shape index (κ1) is 20.2. The highest BCUT2D eigenvalue weighted by molar-refractivity contribution is 7.89. The van der Waals surface area contributed by atoms with Gasteiger partial charge in [0.2, 0.25) is 10.0 Å². The van der Waals surface area contributed by atoms with Gasteiger partial charge in [0.05, 0.1) is 27.5 Å². The summed E-state index contributed by atoms with van der Waals surface area (Å²) in [6, 6.07) is 18.2. The Bertz CT molecular complexity index is 1340. The van der Waals surface area contributed by atoms with Crippen LogP contribution in [0.1, 0.15) is 24.5 Å². The fraction of sp³-hybridized carbons (Fsp3) is 0.217. The monoisotopic (exact) mass is 452 g/mol. The number of sulfonamides is 1. The van der Waals surface area contributed by atoms with Crippen LogP contribution in [0.5, 0.6) is 0 Å². The van der Waals surface area contributed by atoms with Crippen LogP contribution >= 0.6 is 11.6 Å².